The average Bonchev–Trinajstić information content (AvgIpc) is 3.32. The molecule has 1 fully saturated rings. The summed E-state index contributed by atoms with van der Waals surface area (Å²) in [5.41, 5.74) is 3.35. The van der Waals surface area contributed by atoms with E-state index in [-0.39, 0.29) is 17.7 Å². The van der Waals surface area contributed by atoms with Crippen molar-refractivity contribution in [1.29, 1.82) is 0 Å². The Hall–Kier alpha value is -3.54. The molecule has 1 aliphatic heterocycles. The predicted molar refractivity (Wildman–Crippen MR) is 131 cm³/mol. The second-order valence-electron chi connectivity index (χ2n) is 9.17. The molecular formula is C28H30N2O4. The van der Waals surface area contributed by atoms with Gasteiger partial charge in [0.05, 0.1) is 7.11 Å². The van der Waals surface area contributed by atoms with Crippen molar-refractivity contribution in [3.05, 3.63) is 71.5 Å². The normalized spacial score (nSPS) is 16.1. The van der Waals surface area contributed by atoms with Crippen LogP contribution in [-0.4, -0.2) is 30.4 Å². The van der Waals surface area contributed by atoms with Gasteiger partial charge in [-0.3, -0.25) is 9.59 Å². The standard InChI is InChI=1S/C28H30N2O4/c1-33-24-12-6-10-21(16-24)28(32)30-14-13-25-22(18-30)17-26(34-25)20-9-5-11-23(15-20)29-27(31)19-7-3-2-4-8-19/h5-6,9-12,15-17,19H,2-4,7-8,13-14,18H2,1H3,(H,29,31). The van der Waals surface area contributed by atoms with Crippen LogP contribution in [0.1, 0.15) is 53.8 Å². The molecule has 2 heterocycles. The van der Waals surface area contributed by atoms with E-state index in [1.54, 1.807) is 13.2 Å². The summed E-state index contributed by atoms with van der Waals surface area (Å²) in [5, 5.41) is 3.09. The molecule has 0 radical (unpaired) electrons. The lowest BCUT2D eigenvalue weighted by Gasteiger charge is -2.26. The fourth-order valence-corrected chi connectivity index (χ4v) is 4.95. The van der Waals surface area contributed by atoms with Crippen molar-refractivity contribution in [1.82, 2.24) is 4.90 Å². The van der Waals surface area contributed by atoms with Crippen molar-refractivity contribution in [2.45, 2.75) is 45.1 Å². The highest BCUT2D eigenvalue weighted by atomic mass is 16.5. The largest absolute Gasteiger partial charge is 0.497 e. The van der Waals surface area contributed by atoms with Crippen LogP contribution in [0.3, 0.4) is 0 Å². The monoisotopic (exact) mass is 458 g/mol. The van der Waals surface area contributed by atoms with Crippen LogP contribution in [0.2, 0.25) is 0 Å². The van der Waals surface area contributed by atoms with Crippen LogP contribution in [0.5, 0.6) is 5.75 Å². The Balaban J connectivity index is 1.29. The molecule has 2 aliphatic rings. The molecule has 0 saturated heterocycles. The van der Waals surface area contributed by atoms with E-state index in [0.29, 0.717) is 30.8 Å². The molecule has 6 nitrogen and oxygen atoms in total. The first-order valence-electron chi connectivity index (χ1n) is 12.1. The third-order valence-electron chi connectivity index (χ3n) is 6.86. The van der Waals surface area contributed by atoms with Gasteiger partial charge >= 0.3 is 0 Å². The number of carbonyl (C=O) groups is 2. The van der Waals surface area contributed by atoms with Crippen LogP contribution in [-0.2, 0) is 17.8 Å². The SMILES string of the molecule is COc1cccc(C(=O)N2CCc3oc(-c4cccc(NC(=O)C5CCCCC5)c4)cc3C2)c1. The number of ether oxygens (including phenoxy) is 1. The number of methoxy groups -OCH3 is 1. The number of nitrogens with one attached hydrogen (secondary N) is 1. The van der Waals surface area contributed by atoms with Gasteiger partial charge in [-0.1, -0.05) is 37.5 Å². The van der Waals surface area contributed by atoms with Crippen LogP contribution in [0.4, 0.5) is 5.69 Å². The Labute approximate surface area is 199 Å². The van der Waals surface area contributed by atoms with E-state index >= 15 is 0 Å². The lowest BCUT2D eigenvalue weighted by Crippen LogP contribution is -2.35. The Morgan fingerprint density at radius 2 is 1.85 bits per heavy atom. The van der Waals surface area contributed by atoms with Gasteiger partial charge in [0.1, 0.15) is 17.3 Å². The highest BCUT2D eigenvalue weighted by Gasteiger charge is 2.26. The minimum absolute atomic E-state index is 0.0141. The molecule has 1 aromatic heterocycles. The third kappa shape index (κ3) is 4.72. The zero-order valence-electron chi connectivity index (χ0n) is 19.5. The van der Waals surface area contributed by atoms with Gasteiger partial charge in [-0.05, 0) is 49.2 Å². The first-order chi connectivity index (χ1) is 16.6. The van der Waals surface area contributed by atoms with Crippen molar-refractivity contribution < 1.29 is 18.7 Å². The number of benzene rings is 2. The summed E-state index contributed by atoms with van der Waals surface area (Å²) in [6.07, 6.45) is 6.11. The molecule has 5 rings (SSSR count). The van der Waals surface area contributed by atoms with Gasteiger partial charge in [0.2, 0.25) is 5.91 Å². The van der Waals surface area contributed by atoms with E-state index in [0.717, 1.165) is 54.0 Å². The lowest BCUT2D eigenvalue weighted by molar-refractivity contribution is -0.120. The molecule has 1 N–H and O–H groups in total. The van der Waals surface area contributed by atoms with Crippen LogP contribution in [0.25, 0.3) is 11.3 Å². The molecule has 0 bridgehead atoms. The summed E-state index contributed by atoms with van der Waals surface area (Å²) in [7, 11) is 1.60. The highest BCUT2D eigenvalue weighted by molar-refractivity contribution is 5.95. The zero-order valence-corrected chi connectivity index (χ0v) is 19.5. The van der Waals surface area contributed by atoms with Crippen LogP contribution < -0.4 is 10.1 Å². The Bertz CT molecular complexity index is 1190. The molecule has 0 unspecified atom stereocenters. The number of furan rings is 1. The Kier molecular flexibility index (Phi) is 6.39. The number of anilines is 1. The fraction of sp³-hybridized carbons (Fsp3) is 0.357. The molecule has 2 amide bonds. The van der Waals surface area contributed by atoms with E-state index in [1.165, 1.54) is 6.42 Å². The minimum Gasteiger partial charge on any atom is -0.497 e. The molecule has 1 saturated carbocycles. The van der Waals surface area contributed by atoms with Gasteiger partial charge in [-0.15, -0.1) is 0 Å². The van der Waals surface area contributed by atoms with Crippen molar-refractivity contribution >= 4 is 17.5 Å². The molecule has 3 aromatic rings. The first kappa shape index (κ1) is 22.3. The van der Waals surface area contributed by atoms with Crippen molar-refractivity contribution in [3.8, 4) is 17.1 Å². The Morgan fingerprint density at radius 1 is 1.03 bits per heavy atom. The number of nitrogens with zero attached hydrogens (tertiary/aromatic N) is 1. The van der Waals surface area contributed by atoms with E-state index in [4.69, 9.17) is 9.15 Å². The van der Waals surface area contributed by atoms with Gasteiger partial charge in [-0.25, -0.2) is 0 Å². The smallest absolute Gasteiger partial charge is 0.254 e. The van der Waals surface area contributed by atoms with Gasteiger partial charge in [-0.2, -0.15) is 0 Å². The van der Waals surface area contributed by atoms with Gasteiger partial charge in [0, 0.05) is 47.8 Å². The van der Waals surface area contributed by atoms with Crippen LogP contribution >= 0.6 is 0 Å². The topological polar surface area (TPSA) is 71.8 Å². The van der Waals surface area contributed by atoms with Crippen LogP contribution in [0.15, 0.2) is 59.0 Å². The lowest BCUT2D eigenvalue weighted by atomic mass is 9.88. The Morgan fingerprint density at radius 3 is 2.68 bits per heavy atom. The second kappa shape index (κ2) is 9.75. The van der Waals surface area contributed by atoms with Gasteiger partial charge < -0.3 is 19.4 Å². The van der Waals surface area contributed by atoms with Crippen molar-refractivity contribution in [2.24, 2.45) is 5.92 Å². The number of amides is 2. The molecule has 1 aliphatic carbocycles. The second-order valence-corrected chi connectivity index (χ2v) is 9.17. The number of hydrogen-bond donors (Lipinski definition) is 1. The zero-order chi connectivity index (χ0) is 23.5. The minimum atomic E-state index is -0.0141. The molecule has 176 valence electrons. The third-order valence-corrected chi connectivity index (χ3v) is 6.86. The van der Waals surface area contributed by atoms with Gasteiger partial charge in [0.15, 0.2) is 0 Å². The van der Waals surface area contributed by atoms with E-state index < -0.39 is 0 Å². The first-order valence-corrected chi connectivity index (χ1v) is 12.1. The predicted octanol–water partition coefficient (Wildman–Crippen LogP) is 5.67. The molecule has 0 atom stereocenters. The summed E-state index contributed by atoms with van der Waals surface area (Å²) < 4.78 is 11.4. The van der Waals surface area contributed by atoms with Crippen molar-refractivity contribution in [2.75, 3.05) is 19.0 Å². The van der Waals surface area contributed by atoms with E-state index in [2.05, 4.69) is 5.32 Å². The number of hydrogen-bond acceptors (Lipinski definition) is 4. The summed E-state index contributed by atoms with van der Waals surface area (Å²) in [6.45, 7) is 1.11. The van der Waals surface area contributed by atoms with E-state index in [1.807, 2.05) is 53.4 Å². The van der Waals surface area contributed by atoms with E-state index in [9.17, 15) is 9.59 Å². The summed E-state index contributed by atoms with van der Waals surface area (Å²) >= 11 is 0. The molecule has 2 aromatic carbocycles. The van der Waals surface area contributed by atoms with Crippen LogP contribution in [0, 0.1) is 5.92 Å². The molecule has 34 heavy (non-hydrogen) atoms. The number of rotatable bonds is 5. The van der Waals surface area contributed by atoms with Gasteiger partial charge in [0.25, 0.3) is 5.91 Å². The maximum atomic E-state index is 13.0. The summed E-state index contributed by atoms with van der Waals surface area (Å²) in [4.78, 5) is 27.5. The molecular weight excluding hydrogens is 428 g/mol. The maximum Gasteiger partial charge on any atom is 0.254 e. The molecule has 0 spiro atoms. The maximum absolute atomic E-state index is 13.0. The highest BCUT2D eigenvalue weighted by Crippen LogP contribution is 2.32. The fourth-order valence-electron chi connectivity index (χ4n) is 4.95. The molecule has 6 heteroatoms. The number of fused-ring (bicyclic) bond motifs is 1. The average molecular weight is 459 g/mol. The summed E-state index contributed by atoms with van der Waals surface area (Å²) in [6, 6.07) is 17.1. The number of carbonyl (C=O) groups excluding carboxylic acids is 2. The quantitative estimate of drug-likeness (QED) is 0.535. The van der Waals surface area contributed by atoms with Crippen molar-refractivity contribution in [3.63, 3.8) is 0 Å². The summed E-state index contributed by atoms with van der Waals surface area (Å²) in [5.74, 6) is 2.56.